The molecule has 0 heterocycles. The molecule has 0 aliphatic heterocycles. The molecule has 0 aliphatic rings. The van der Waals surface area contributed by atoms with Crippen LogP contribution in [0.2, 0.25) is 0 Å². The maximum absolute atomic E-state index is 5.98. The molecular weight excluding hydrogens is 288 g/mol. The Kier molecular flexibility index (Phi) is 3.03. The van der Waals surface area contributed by atoms with E-state index in [9.17, 15) is 0 Å². The molecule has 88 valence electrons. The van der Waals surface area contributed by atoms with Gasteiger partial charge in [0.1, 0.15) is 11.5 Å². The number of benzene rings is 3. The Morgan fingerprint density at radius 3 is 2.28 bits per heavy atom. The summed E-state index contributed by atoms with van der Waals surface area (Å²) in [5.41, 5.74) is 0. The van der Waals surface area contributed by atoms with Crippen LogP contribution in [0.4, 0.5) is 0 Å². The second kappa shape index (κ2) is 4.83. The molecule has 0 amide bonds. The van der Waals surface area contributed by atoms with Gasteiger partial charge in [-0.25, -0.2) is 0 Å². The standard InChI is InChI=1S/C16H11BrO/c17-15-11-10-12-6-4-5-9-14(12)16(15)18-13-7-2-1-3-8-13/h1-11H. The van der Waals surface area contributed by atoms with E-state index in [1.165, 1.54) is 5.39 Å². The van der Waals surface area contributed by atoms with Crippen molar-refractivity contribution in [3.63, 3.8) is 0 Å². The van der Waals surface area contributed by atoms with Crippen LogP contribution in [0.1, 0.15) is 0 Å². The fourth-order valence-corrected chi connectivity index (χ4v) is 2.35. The third-order valence-corrected chi connectivity index (χ3v) is 3.42. The van der Waals surface area contributed by atoms with E-state index in [1.54, 1.807) is 0 Å². The molecule has 0 aliphatic carbocycles. The van der Waals surface area contributed by atoms with E-state index in [2.05, 4.69) is 34.1 Å². The number of fused-ring (bicyclic) bond motifs is 1. The van der Waals surface area contributed by atoms with E-state index in [1.807, 2.05) is 48.5 Å². The summed E-state index contributed by atoms with van der Waals surface area (Å²) in [4.78, 5) is 0. The lowest BCUT2D eigenvalue weighted by molar-refractivity contribution is 0.485. The van der Waals surface area contributed by atoms with Crippen molar-refractivity contribution < 1.29 is 4.74 Å². The fourth-order valence-electron chi connectivity index (χ4n) is 1.93. The van der Waals surface area contributed by atoms with Crippen LogP contribution in [0.3, 0.4) is 0 Å². The first-order chi connectivity index (χ1) is 8.84. The van der Waals surface area contributed by atoms with Gasteiger partial charge in [-0.15, -0.1) is 0 Å². The summed E-state index contributed by atoms with van der Waals surface area (Å²) in [6.07, 6.45) is 0. The molecular formula is C16H11BrO. The molecule has 0 atom stereocenters. The van der Waals surface area contributed by atoms with E-state index in [4.69, 9.17) is 4.74 Å². The molecule has 1 nitrogen and oxygen atoms in total. The van der Waals surface area contributed by atoms with E-state index >= 15 is 0 Å². The maximum Gasteiger partial charge on any atom is 0.149 e. The van der Waals surface area contributed by atoms with Crippen molar-refractivity contribution in [2.24, 2.45) is 0 Å². The predicted octanol–water partition coefficient (Wildman–Crippen LogP) is 5.39. The van der Waals surface area contributed by atoms with E-state index in [-0.39, 0.29) is 0 Å². The molecule has 0 unspecified atom stereocenters. The molecule has 0 spiro atoms. The van der Waals surface area contributed by atoms with Gasteiger partial charge in [-0.05, 0) is 39.5 Å². The minimum Gasteiger partial charge on any atom is -0.456 e. The monoisotopic (exact) mass is 298 g/mol. The molecule has 0 saturated carbocycles. The zero-order valence-corrected chi connectivity index (χ0v) is 11.2. The highest BCUT2D eigenvalue weighted by molar-refractivity contribution is 9.10. The predicted molar refractivity (Wildman–Crippen MR) is 78.2 cm³/mol. The normalized spacial score (nSPS) is 10.5. The zero-order chi connectivity index (χ0) is 12.4. The van der Waals surface area contributed by atoms with Crippen LogP contribution in [0.15, 0.2) is 71.2 Å². The minimum atomic E-state index is 0.842. The molecule has 3 rings (SSSR count). The van der Waals surface area contributed by atoms with Crippen LogP contribution in [0.5, 0.6) is 11.5 Å². The van der Waals surface area contributed by atoms with E-state index < -0.39 is 0 Å². The van der Waals surface area contributed by atoms with Gasteiger partial charge in [-0.2, -0.15) is 0 Å². The number of rotatable bonds is 2. The van der Waals surface area contributed by atoms with Crippen molar-refractivity contribution in [3.05, 3.63) is 71.2 Å². The second-order valence-corrected chi connectivity index (χ2v) is 4.87. The number of para-hydroxylation sites is 1. The van der Waals surface area contributed by atoms with Crippen molar-refractivity contribution in [2.45, 2.75) is 0 Å². The van der Waals surface area contributed by atoms with Crippen LogP contribution in [0, 0.1) is 0 Å². The smallest absolute Gasteiger partial charge is 0.149 e. The Bertz CT molecular complexity index is 677. The van der Waals surface area contributed by atoms with Gasteiger partial charge in [-0.3, -0.25) is 0 Å². The van der Waals surface area contributed by atoms with Gasteiger partial charge in [0.2, 0.25) is 0 Å². The highest BCUT2D eigenvalue weighted by Crippen LogP contribution is 2.36. The van der Waals surface area contributed by atoms with Gasteiger partial charge in [-0.1, -0.05) is 48.5 Å². The Balaban J connectivity index is 2.13. The number of ether oxygens (including phenoxy) is 1. The summed E-state index contributed by atoms with van der Waals surface area (Å²) >= 11 is 3.55. The average Bonchev–Trinajstić information content (AvgIpc) is 2.43. The number of hydrogen-bond donors (Lipinski definition) is 0. The Morgan fingerprint density at radius 2 is 1.44 bits per heavy atom. The lowest BCUT2D eigenvalue weighted by Gasteiger charge is -2.10. The van der Waals surface area contributed by atoms with Crippen LogP contribution >= 0.6 is 15.9 Å². The molecule has 2 heteroatoms. The first kappa shape index (κ1) is 11.3. The quantitative estimate of drug-likeness (QED) is 0.616. The van der Waals surface area contributed by atoms with E-state index in [0.29, 0.717) is 0 Å². The Morgan fingerprint density at radius 1 is 0.722 bits per heavy atom. The van der Waals surface area contributed by atoms with Crippen LogP contribution in [0.25, 0.3) is 10.8 Å². The van der Waals surface area contributed by atoms with Crippen LogP contribution in [-0.4, -0.2) is 0 Å². The first-order valence-electron chi connectivity index (χ1n) is 5.75. The van der Waals surface area contributed by atoms with Crippen molar-refractivity contribution in [1.82, 2.24) is 0 Å². The zero-order valence-electron chi connectivity index (χ0n) is 9.64. The summed E-state index contributed by atoms with van der Waals surface area (Å²) in [6.45, 7) is 0. The lowest BCUT2D eigenvalue weighted by atomic mass is 10.1. The fraction of sp³-hybridized carbons (Fsp3) is 0. The Hall–Kier alpha value is -1.80. The van der Waals surface area contributed by atoms with Crippen molar-refractivity contribution in [2.75, 3.05) is 0 Å². The number of halogens is 1. The molecule has 0 bridgehead atoms. The highest BCUT2D eigenvalue weighted by Gasteiger charge is 2.07. The third-order valence-electron chi connectivity index (χ3n) is 2.79. The second-order valence-electron chi connectivity index (χ2n) is 4.01. The molecule has 3 aromatic rings. The largest absolute Gasteiger partial charge is 0.456 e. The topological polar surface area (TPSA) is 9.23 Å². The lowest BCUT2D eigenvalue weighted by Crippen LogP contribution is -1.87. The molecule has 18 heavy (non-hydrogen) atoms. The summed E-state index contributed by atoms with van der Waals surface area (Å²) in [7, 11) is 0. The van der Waals surface area contributed by atoms with E-state index in [0.717, 1.165) is 21.4 Å². The first-order valence-corrected chi connectivity index (χ1v) is 6.54. The molecule has 0 saturated heterocycles. The molecule has 0 fully saturated rings. The van der Waals surface area contributed by atoms with Crippen molar-refractivity contribution in [3.8, 4) is 11.5 Å². The van der Waals surface area contributed by atoms with Gasteiger partial charge in [0.15, 0.2) is 0 Å². The van der Waals surface area contributed by atoms with Gasteiger partial charge >= 0.3 is 0 Å². The third kappa shape index (κ3) is 2.12. The highest BCUT2D eigenvalue weighted by atomic mass is 79.9. The SMILES string of the molecule is Brc1ccc2ccccc2c1Oc1ccccc1. The van der Waals surface area contributed by atoms with Crippen molar-refractivity contribution >= 4 is 26.7 Å². The maximum atomic E-state index is 5.98. The summed E-state index contributed by atoms with van der Waals surface area (Å²) < 4.78 is 6.94. The summed E-state index contributed by atoms with van der Waals surface area (Å²) in [5, 5.41) is 2.28. The summed E-state index contributed by atoms with van der Waals surface area (Å²) in [5.74, 6) is 1.70. The summed E-state index contributed by atoms with van der Waals surface area (Å²) in [6, 6.07) is 22.1. The minimum absolute atomic E-state index is 0.842. The van der Waals surface area contributed by atoms with Gasteiger partial charge < -0.3 is 4.74 Å². The van der Waals surface area contributed by atoms with Crippen LogP contribution in [-0.2, 0) is 0 Å². The molecule has 0 aromatic heterocycles. The van der Waals surface area contributed by atoms with Gasteiger partial charge in [0, 0.05) is 5.39 Å². The molecule has 3 aromatic carbocycles. The molecule has 0 radical (unpaired) electrons. The Labute approximate surface area is 114 Å². The van der Waals surface area contributed by atoms with Crippen molar-refractivity contribution in [1.29, 1.82) is 0 Å². The van der Waals surface area contributed by atoms with Crippen LogP contribution < -0.4 is 4.74 Å². The molecule has 0 N–H and O–H groups in total. The number of hydrogen-bond acceptors (Lipinski definition) is 1. The van der Waals surface area contributed by atoms with Gasteiger partial charge in [0.25, 0.3) is 0 Å². The average molecular weight is 299 g/mol. The van der Waals surface area contributed by atoms with Gasteiger partial charge in [0.05, 0.1) is 4.47 Å².